The van der Waals surface area contributed by atoms with Gasteiger partial charge in [0.25, 0.3) is 0 Å². The molecule has 1 saturated carbocycles. The predicted molar refractivity (Wildman–Crippen MR) is 76.8 cm³/mol. The molecule has 1 aliphatic rings. The van der Waals surface area contributed by atoms with Gasteiger partial charge in [0.1, 0.15) is 6.10 Å². The highest BCUT2D eigenvalue weighted by atomic mass is 35.5. The Kier molecular flexibility index (Phi) is 4.91. The van der Waals surface area contributed by atoms with Gasteiger partial charge in [-0.2, -0.15) is 0 Å². The van der Waals surface area contributed by atoms with E-state index in [9.17, 15) is 4.79 Å². The number of amides is 1. The molecular formula is C13H16Cl2N2O2. The quantitative estimate of drug-likeness (QED) is 0.873. The van der Waals surface area contributed by atoms with Crippen molar-refractivity contribution in [2.24, 2.45) is 5.73 Å². The molecule has 1 fully saturated rings. The number of carbonyl (C=O) groups is 1. The summed E-state index contributed by atoms with van der Waals surface area (Å²) in [5.41, 5.74) is 6.43. The molecule has 6 heteroatoms. The van der Waals surface area contributed by atoms with Crippen LogP contribution < -0.4 is 11.1 Å². The number of nitrogens with one attached hydrogen (secondary N) is 1. The van der Waals surface area contributed by atoms with E-state index in [0.717, 1.165) is 25.7 Å². The van der Waals surface area contributed by atoms with Crippen LogP contribution >= 0.6 is 23.2 Å². The molecule has 2 unspecified atom stereocenters. The van der Waals surface area contributed by atoms with Crippen LogP contribution in [-0.2, 0) is 4.74 Å². The van der Waals surface area contributed by atoms with Crippen molar-refractivity contribution in [1.29, 1.82) is 0 Å². The van der Waals surface area contributed by atoms with Gasteiger partial charge < -0.3 is 10.5 Å². The molecule has 1 aromatic rings. The first kappa shape index (κ1) is 14.4. The molecule has 2 atom stereocenters. The minimum Gasteiger partial charge on any atom is -0.444 e. The van der Waals surface area contributed by atoms with E-state index in [2.05, 4.69) is 5.32 Å². The summed E-state index contributed by atoms with van der Waals surface area (Å²) in [4.78, 5) is 11.8. The zero-order valence-electron chi connectivity index (χ0n) is 10.4. The molecular weight excluding hydrogens is 287 g/mol. The number of halogens is 2. The van der Waals surface area contributed by atoms with Crippen LogP contribution in [0, 0.1) is 0 Å². The Hall–Kier alpha value is -0.970. The summed E-state index contributed by atoms with van der Waals surface area (Å²) in [6.45, 7) is 0. The summed E-state index contributed by atoms with van der Waals surface area (Å²) in [5.74, 6) is 0. The van der Waals surface area contributed by atoms with Gasteiger partial charge in [-0.25, -0.2) is 4.79 Å². The third kappa shape index (κ3) is 4.27. The fourth-order valence-electron chi connectivity index (χ4n) is 2.18. The van der Waals surface area contributed by atoms with Crippen molar-refractivity contribution in [1.82, 2.24) is 0 Å². The molecule has 4 nitrogen and oxygen atoms in total. The maximum absolute atomic E-state index is 11.8. The number of benzene rings is 1. The van der Waals surface area contributed by atoms with Gasteiger partial charge in [0.15, 0.2) is 0 Å². The van der Waals surface area contributed by atoms with Gasteiger partial charge in [-0.3, -0.25) is 5.32 Å². The van der Waals surface area contributed by atoms with Crippen LogP contribution in [0.3, 0.4) is 0 Å². The Bertz CT molecular complexity index is 448. The Balaban J connectivity index is 1.93. The van der Waals surface area contributed by atoms with Crippen LogP contribution in [0.5, 0.6) is 0 Å². The van der Waals surface area contributed by atoms with Crippen LogP contribution in [0.4, 0.5) is 10.5 Å². The second-order valence-corrected chi connectivity index (χ2v) is 5.55. The standard InChI is InChI=1S/C13H16Cl2N2O2/c14-8-5-9(15)7-10(6-8)17-13(18)19-12-4-2-1-3-11(12)16/h5-7,11-12H,1-4,16H2,(H,17,18). The largest absolute Gasteiger partial charge is 0.444 e. The maximum atomic E-state index is 11.8. The molecule has 2 rings (SSSR count). The minimum absolute atomic E-state index is 0.0811. The molecule has 0 bridgehead atoms. The van der Waals surface area contributed by atoms with Gasteiger partial charge in [0.05, 0.1) is 0 Å². The molecule has 1 amide bonds. The fourth-order valence-corrected chi connectivity index (χ4v) is 2.71. The number of rotatable bonds is 2. The lowest BCUT2D eigenvalue weighted by Gasteiger charge is -2.28. The number of hydrogen-bond acceptors (Lipinski definition) is 3. The molecule has 0 radical (unpaired) electrons. The van der Waals surface area contributed by atoms with Gasteiger partial charge in [-0.1, -0.05) is 29.6 Å². The van der Waals surface area contributed by atoms with Gasteiger partial charge in [-0.15, -0.1) is 0 Å². The SMILES string of the molecule is NC1CCCCC1OC(=O)Nc1cc(Cl)cc(Cl)c1. The minimum atomic E-state index is -0.527. The molecule has 19 heavy (non-hydrogen) atoms. The lowest BCUT2D eigenvalue weighted by molar-refractivity contribution is 0.0728. The van der Waals surface area contributed by atoms with Gasteiger partial charge >= 0.3 is 6.09 Å². The lowest BCUT2D eigenvalue weighted by Crippen LogP contribution is -2.41. The predicted octanol–water partition coefficient (Wildman–Crippen LogP) is 3.81. The van der Waals surface area contributed by atoms with Gasteiger partial charge in [0, 0.05) is 21.8 Å². The summed E-state index contributed by atoms with van der Waals surface area (Å²) >= 11 is 11.7. The number of nitrogens with two attached hydrogens (primary N) is 1. The zero-order chi connectivity index (χ0) is 13.8. The third-order valence-electron chi connectivity index (χ3n) is 3.12. The Labute approximate surface area is 122 Å². The summed E-state index contributed by atoms with van der Waals surface area (Å²) in [5, 5.41) is 3.52. The molecule has 0 heterocycles. The third-order valence-corrected chi connectivity index (χ3v) is 3.56. The van der Waals surface area contributed by atoms with Crippen LogP contribution in [0.1, 0.15) is 25.7 Å². The summed E-state index contributed by atoms with van der Waals surface area (Å²) < 4.78 is 5.33. The monoisotopic (exact) mass is 302 g/mol. The number of hydrogen-bond donors (Lipinski definition) is 2. The first-order chi connectivity index (χ1) is 9.04. The average Bonchev–Trinajstić information content (AvgIpc) is 2.30. The average molecular weight is 303 g/mol. The molecule has 1 aliphatic carbocycles. The number of anilines is 1. The van der Waals surface area contributed by atoms with E-state index >= 15 is 0 Å². The van der Waals surface area contributed by atoms with E-state index in [1.54, 1.807) is 18.2 Å². The van der Waals surface area contributed by atoms with E-state index < -0.39 is 6.09 Å². The van der Waals surface area contributed by atoms with Gasteiger partial charge in [-0.05, 0) is 37.5 Å². The highest BCUT2D eigenvalue weighted by Gasteiger charge is 2.25. The first-order valence-corrected chi connectivity index (χ1v) is 6.99. The molecule has 1 aromatic carbocycles. The zero-order valence-corrected chi connectivity index (χ0v) is 11.9. The Morgan fingerprint density at radius 1 is 1.21 bits per heavy atom. The highest BCUT2D eigenvalue weighted by molar-refractivity contribution is 6.35. The molecule has 0 saturated heterocycles. The van der Waals surface area contributed by atoms with Crippen molar-refractivity contribution >= 4 is 35.0 Å². The van der Waals surface area contributed by atoms with Crippen LogP contribution in [-0.4, -0.2) is 18.2 Å². The maximum Gasteiger partial charge on any atom is 0.411 e. The van der Waals surface area contributed by atoms with Crippen LogP contribution in [0.15, 0.2) is 18.2 Å². The molecule has 0 aromatic heterocycles. The van der Waals surface area contributed by atoms with Crippen molar-refractivity contribution in [3.63, 3.8) is 0 Å². The molecule has 3 N–H and O–H groups in total. The van der Waals surface area contributed by atoms with E-state index in [1.807, 2.05) is 0 Å². The topological polar surface area (TPSA) is 64.3 Å². The summed E-state index contributed by atoms with van der Waals surface area (Å²) in [6.07, 6.45) is 3.08. The van der Waals surface area contributed by atoms with E-state index in [0.29, 0.717) is 15.7 Å². The van der Waals surface area contributed by atoms with Crippen molar-refractivity contribution in [2.45, 2.75) is 37.8 Å². The summed E-state index contributed by atoms with van der Waals surface area (Å²) in [7, 11) is 0. The molecule has 0 aliphatic heterocycles. The first-order valence-electron chi connectivity index (χ1n) is 6.24. The fraction of sp³-hybridized carbons (Fsp3) is 0.462. The Morgan fingerprint density at radius 3 is 2.47 bits per heavy atom. The van der Waals surface area contributed by atoms with E-state index in [-0.39, 0.29) is 12.1 Å². The second kappa shape index (κ2) is 6.46. The molecule has 104 valence electrons. The Morgan fingerprint density at radius 2 is 1.84 bits per heavy atom. The second-order valence-electron chi connectivity index (χ2n) is 4.68. The van der Waals surface area contributed by atoms with Crippen LogP contribution in [0.2, 0.25) is 10.0 Å². The normalized spacial score (nSPS) is 22.9. The highest BCUT2D eigenvalue weighted by Crippen LogP contribution is 2.24. The lowest BCUT2D eigenvalue weighted by atomic mass is 9.93. The summed E-state index contributed by atoms with van der Waals surface area (Å²) in [6, 6.07) is 4.73. The smallest absolute Gasteiger partial charge is 0.411 e. The number of carbonyl (C=O) groups excluding carboxylic acids is 1. The van der Waals surface area contributed by atoms with Crippen molar-refractivity contribution < 1.29 is 9.53 Å². The van der Waals surface area contributed by atoms with Crippen molar-refractivity contribution in [2.75, 3.05) is 5.32 Å². The van der Waals surface area contributed by atoms with Crippen molar-refractivity contribution in [3.05, 3.63) is 28.2 Å². The molecule has 0 spiro atoms. The number of ether oxygens (including phenoxy) is 1. The van der Waals surface area contributed by atoms with E-state index in [1.165, 1.54) is 0 Å². The van der Waals surface area contributed by atoms with Gasteiger partial charge in [0.2, 0.25) is 0 Å². The van der Waals surface area contributed by atoms with E-state index in [4.69, 9.17) is 33.7 Å². The van der Waals surface area contributed by atoms with Crippen molar-refractivity contribution in [3.8, 4) is 0 Å². The van der Waals surface area contributed by atoms with Crippen LogP contribution in [0.25, 0.3) is 0 Å².